The highest BCUT2D eigenvalue weighted by Crippen LogP contribution is 2.33. The molecule has 0 saturated heterocycles. The highest BCUT2D eigenvalue weighted by molar-refractivity contribution is 9.10. The van der Waals surface area contributed by atoms with Crippen LogP contribution in [0.4, 0.5) is 10.2 Å². The van der Waals surface area contributed by atoms with Crippen molar-refractivity contribution in [2.45, 2.75) is 25.4 Å². The molecular formula is C21H18BrFN6O. The van der Waals surface area contributed by atoms with Gasteiger partial charge in [-0.2, -0.15) is 5.10 Å². The van der Waals surface area contributed by atoms with Gasteiger partial charge in [-0.25, -0.2) is 9.37 Å². The Bertz CT molecular complexity index is 1300. The van der Waals surface area contributed by atoms with Crippen molar-refractivity contribution in [2.75, 3.05) is 5.73 Å². The quantitative estimate of drug-likeness (QED) is 0.491. The molecule has 0 unspecified atom stereocenters. The van der Waals surface area contributed by atoms with Gasteiger partial charge in [-0.3, -0.25) is 14.5 Å². The van der Waals surface area contributed by atoms with E-state index in [1.165, 1.54) is 6.07 Å². The van der Waals surface area contributed by atoms with Gasteiger partial charge in [0.25, 0.3) is 5.91 Å². The van der Waals surface area contributed by atoms with E-state index in [4.69, 9.17) is 5.73 Å². The van der Waals surface area contributed by atoms with Crippen molar-refractivity contribution in [3.8, 4) is 0 Å². The van der Waals surface area contributed by atoms with Crippen molar-refractivity contribution in [1.29, 1.82) is 0 Å². The Labute approximate surface area is 179 Å². The molecule has 1 saturated carbocycles. The molecule has 5 rings (SSSR count). The van der Waals surface area contributed by atoms with Gasteiger partial charge < -0.3 is 10.6 Å². The summed E-state index contributed by atoms with van der Waals surface area (Å²) in [5.41, 5.74) is 7.89. The van der Waals surface area contributed by atoms with Crippen LogP contribution in [-0.2, 0) is 13.6 Å². The molecule has 0 spiro atoms. The van der Waals surface area contributed by atoms with E-state index < -0.39 is 5.82 Å². The van der Waals surface area contributed by atoms with Crippen molar-refractivity contribution < 1.29 is 9.18 Å². The van der Waals surface area contributed by atoms with Crippen LogP contribution in [0.25, 0.3) is 21.8 Å². The summed E-state index contributed by atoms with van der Waals surface area (Å²) < 4.78 is 17.5. The number of pyridine rings is 2. The lowest BCUT2D eigenvalue weighted by Gasteiger charge is -2.22. The molecule has 30 heavy (non-hydrogen) atoms. The highest BCUT2D eigenvalue weighted by atomic mass is 79.9. The second-order valence-corrected chi connectivity index (χ2v) is 8.42. The number of nitrogen functional groups attached to an aromatic ring is 1. The molecule has 0 bridgehead atoms. The Morgan fingerprint density at radius 1 is 1.30 bits per heavy atom. The van der Waals surface area contributed by atoms with Crippen LogP contribution in [0.1, 0.15) is 28.9 Å². The number of hydrogen-bond acceptors (Lipinski definition) is 5. The van der Waals surface area contributed by atoms with E-state index in [0.29, 0.717) is 22.8 Å². The zero-order valence-electron chi connectivity index (χ0n) is 16.1. The number of amides is 1. The minimum Gasteiger partial charge on any atom is -0.383 e. The molecule has 3 heterocycles. The Balaban J connectivity index is 1.60. The normalized spacial score (nSPS) is 13.8. The maximum Gasteiger partial charge on any atom is 0.257 e. The van der Waals surface area contributed by atoms with Crippen molar-refractivity contribution in [1.82, 2.24) is 24.6 Å². The number of benzene rings is 1. The number of nitrogens with two attached hydrogens (primary N) is 1. The molecule has 4 aromatic rings. The molecule has 3 aromatic heterocycles. The van der Waals surface area contributed by atoms with E-state index in [9.17, 15) is 9.18 Å². The number of aryl methyl sites for hydroxylation is 1. The van der Waals surface area contributed by atoms with E-state index in [1.807, 2.05) is 12.1 Å². The Kier molecular flexibility index (Phi) is 4.43. The Morgan fingerprint density at radius 3 is 2.80 bits per heavy atom. The first-order chi connectivity index (χ1) is 14.4. The number of fused-ring (bicyclic) bond motifs is 3. The van der Waals surface area contributed by atoms with Crippen LogP contribution in [0, 0.1) is 5.82 Å². The molecule has 1 aliphatic rings. The molecule has 0 aliphatic heterocycles. The summed E-state index contributed by atoms with van der Waals surface area (Å²) >= 11 is 3.36. The SMILES string of the molecule is Cn1ncc2c(N)nc3cc(F)c(C(=O)N(Cc4ccc(Br)cn4)C4CC4)cc3c21. The van der Waals surface area contributed by atoms with Crippen LogP contribution in [0.15, 0.2) is 41.1 Å². The van der Waals surface area contributed by atoms with E-state index in [2.05, 4.69) is 31.0 Å². The lowest BCUT2D eigenvalue weighted by atomic mass is 10.1. The van der Waals surface area contributed by atoms with Gasteiger partial charge in [0, 0.05) is 35.2 Å². The van der Waals surface area contributed by atoms with Gasteiger partial charge in [0.15, 0.2) is 0 Å². The second kappa shape index (κ2) is 7.02. The zero-order chi connectivity index (χ0) is 21.0. The van der Waals surface area contributed by atoms with Crippen molar-refractivity contribution >= 4 is 49.5 Å². The molecule has 1 amide bonds. The monoisotopic (exact) mass is 468 g/mol. The first-order valence-electron chi connectivity index (χ1n) is 9.54. The minimum absolute atomic E-state index is 0.0144. The second-order valence-electron chi connectivity index (χ2n) is 7.51. The van der Waals surface area contributed by atoms with E-state index >= 15 is 0 Å². The predicted octanol–water partition coefficient (Wildman–Crippen LogP) is 3.81. The van der Waals surface area contributed by atoms with Crippen molar-refractivity contribution in [2.24, 2.45) is 7.05 Å². The standard InChI is InChI=1S/C21H18BrFN6O/c1-28-19-15-6-14(17(23)7-18(15)27-20(24)16(19)9-26-28)21(30)29(13-4-5-13)10-12-3-2-11(22)8-25-12/h2-3,6-9,13H,4-5,10H2,1H3,(H2,24,27). The average Bonchev–Trinajstić information content (AvgIpc) is 3.48. The van der Waals surface area contributed by atoms with Crippen LogP contribution >= 0.6 is 15.9 Å². The van der Waals surface area contributed by atoms with Gasteiger partial charge in [0.2, 0.25) is 0 Å². The number of nitrogens with zero attached hydrogens (tertiary/aromatic N) is 5. The summed E-state index contributed by atoms with van der Waals surface area (Å²) in [6, 6.07) is 6.67. The van der Waals surface area contributed by atoms with Crippen molar-refractivity contribution in [3.63, 3.8) is 0 Å². The Morgan fingerprint density at radius 2 is 2.10 bits per heavy atom. The number of anilines is 1. The lowest BCUT2D eigenvalue weighted by molar-refractivity contribution is 0.0723. The molecule has 9 heteroatoms. The molecule has 1 aliphatic carbocycles. The van der Waals surface area contributed by atoms with E-state index in [-0.39, 0.29) is 23.3 Å². The van der Waals surface area contributed by atoms with Crippen LogP contribution in [-0.4, -0.2) is 36.6 Å². The minimum atomic E-state index is -0.615. The molecule has 1 aromatic carbocycles. The summed E-state index contributed by atoms with van der Waals surface area (Å²) in [7, 11) is 1.78. The molecular weight excluding hydrogens is 451 g/mol. The van der Waals surface area contributed by atoms with Crippen LogP contribution < -0.4 is 5.73 Å². The highest BCUT2D eigenvalue weighted by Gasteiger charge is 2.34. The van der Waals surface area contributed by atoms with E-state index in [1.54, 1.807) is 35.1 Å². The molecule has 152 valence electrons. The predicted molar refractivity (Wildman–Crippen MR) is 115 cm³/mol. The number of halogens is 2. The third kappa shape index (κ3) is 3.19. The first kappa shape index (κ1) is 18.9. The maximum atomic E-state index is 15.0. The largest absolute Gasteiger partial charge is 0.383 e. The topological polar surface area (TPSA) is 89.9 Å². The zero-order valence-corrected chi connectivity index (χ0v) is 17.7. The van der Waals surface area contributed by atoms with Crippen LogP contribution in [0.3, 0.4) is 0 Å². The van der Waals surface area contributed by atoms with Gasteiger partial charge in [-0.1, -0.05) is 0 Å². The van der Waals surface area contributed by atoms with E-state index in [0.717, 1.165) is 28.5 Å². The first-order valence-corrected chi connectivity index (χ1v) is 10.3. The van der Waals surface area contributed by atoms with Crippen LogP contribution in [0.5, 0.6) is 0 Å². The lowest BCUT2D eigenvalue weighted by Crippen LogP contribution is -2.33. The molecule has 2 N–H and O–H groups in total. The molecule has 0 atom stereocenters. The summed E-state index contributed by atoms with van der Waals surface area (Å²) in [6.45, 7) is 0.329. The van der Waals surface area contributed by atoms with Gasteiger partial charge in [0.05, 0.1) is 40.4 Å². The number of aromatic nitrogens is 4. The van der Waals surface area contributed by atoms with Gasteiger partial charge >= 0.3 is 0 Å². The smallest absolute Gasteiger partial charge is 0.257 e. The molecule has 1 fully saturated rings. The van der Waals surface area contributed by atoms with Crippen LogP contribution in [0.2, 0.25) is 0 Å². The third-order valence-corrected chi connectivity index (χ3v) is 5.87. The fourth-order valence-electron chi connectivity index (χ4n) is 3.73. The summed E-state index contributed by atoms with van der Waals surface area (Å²) in [4.78, 5) is 23.7. The molecule has 7 nitrogen and oxygen atoms in total. The number of hydrogen-bond donors (Lipinski definition) is 1. The fourth-order valence-corrected chi connectivity index (χ4v) is 3.96. The summed E-state index contributed by atoms with van der Waals surface area (Å²) in [6.07, 6.45) is 5.12. The summed E-state index contributed by atoms with van der Waals surface area (Å²) in [5.74, 6) is -0.686. The van der Waals surface area contributed by atoms with Gasteiger partial charge in [-0.15, -0.1) is 0 Å². The molecule has 0 radical (unpaired) electrons. The maximum absolute atomic E-state index is 15.0. The number of carbonyl (C=O) groups is 1. The summed E-state index contributed by atoms with van der Waals surface area (Å²) in [5, 5.41) is 5.55. The van der Waals surface area contributed by atoms with Gasteiger partial charge in [0.1, 0.15) is 11.6 Å². The third-order valence-electron chi connectivity index (χ3n) is 5.40. The number of rotatable bonds is 4. The van der Waals surface area contributed by atoms with Crippen molar-refractivity contribution in [3.05, 3.63) is 58.2 Å². The van der Waals surface area contributed by atoms with Gasteiger partial charge in [-0.05, 0) is 47.0 Å². The average molecular weight is 469 g/mol. The number of carbonyl (C=O) groups excluding carboxylic acids is 1. The Hall–Kier alpha value is -3.07. The fraction of sp³-hybridized carbons (Fsp3) is 0.238.